The van der Waals surface area contributed by atoms with Crippen molar-refractivity contribution in [2.45, 2.75) is 12.8 Å². The van der Waals surface area contributed by atoms with Crippen molar-refractivity contribution in [3.8, 4) is 11.4 Å². The van der Waals surface area contributed by atoms with Crippen LogP contribution in [0, 0.1) is 6.92 Å². The van der Waals surface area contributed by atoms with Crippen molar-refractivity contribution in [3.05, 3.63) is 52.3 Å². The zero-order valence-corrected chi connectivity index (χ0v) is 14.1. The van der Waals surface area contributed by atoms with E-state index in [-0.39, 0.29) is 0 Å². The van der Waals surface area contributed by atoms with Crippen molar-refractivity contribution in [1.29, 1.82) is 0 Å². The maximum Gasteiger partial charge on any atom is 0.129 e. The van der Waals surface area contributed by atoms with Crippen LogP contribution >= 0.6 is 27.5 Å². The minimum atomic E-state index is 0.350. The molecule has 0 saturated heterocycles. The van der Waals surface area contributed by atoms with E-state index in [2.05, 4.69) is 50.6 Å². The number of aryl methyl sites for hydroxylation is 1. The van der Waals surface area contributed by atoms with Crippen LogP contribution in [0.15, 0.2) is 40.9 Å². The molecular weight excluding hydrogens is 352 g/mol. The number of ether oxygens (including phenoxy) is 1. The summed E-state index contributed by atoms with van der Waals surface area (Å²) in [7, 11) is 1.65. The molecule has 0 saturated carbocycles. The number of hydrogen-bond acceptors (Lipinski definition) is 2. The molecule has 3 rings (SSSR count). The van der Waals surface area contributed by atoms with Gasteiger partial charge in [0.25, 0.3) is 0 Å². The van der Waals surface area contributed by atoms with Crippen LogP contribution in [0.1, 0.15) is 11.4 Å². The Labute approximate surface area is 136 Å². The van der Waals surface area contributed by atoms with E-state index in [0.717, 1.165) is 32.8 Å². The van der Waals surface area contributed by atoms with Crippen LogP contribution in [-0.2, 0) is 5.88 Å². The van der Waals surface area contributed by atoms with Gasteiger partial charge >= 0.3 is 0 Å². The third-order valence-electron chi connectivity index (χ3n) is 3.34. The van der Waals surface area contributed by atoms with Gasteiger partial charge in [0.05, 0.1) is 24.0 Å². The van der Waals surface area contributed by atoms with Crippen LogP contribution in [0.5, 0.6) is 5.75 Å². The molecule has 1 heterocycles. The lowest BCUT2D eigenvalue weighted by Crippen LogP contribution is -1.99. The highest BCUT2D eigenvalue weighted by Gasteiger charge is 2.13. The number of alkyl halides is 1. The fraction of sp³-hybridized carbons (Fsp3) is 0.188. The number of halogens is 2. The van der Waals surface area contributed by atoms with Crippen LogP contribution in [-0.4, -0.2) is 16.7 Å². The summed E-state index contributed by atoms with van der Waals surface area (Å²) in [4.78, 5) is 4.61. The molecule has 2 aromatic carbocycles. The number of hydrogen-bond donors (Lipinski definition) is 0. The van der Waals surface area contributed by atoms with Gasteiger partial charge in [-0.2, -0.15) is 0 Å². The minimum Gasteiger partial charge on any atom is -0.497 e. The second-order valence-corrected chi connectivity index (χ2v) is 6.02. The molecule has 0 fully saturated rings. The largest absolute Gasteiger partial charge is 0.497 e. The molecule has 1 aromatic heterocycles. The molecule has 3 nitrogen and oxygen atoms in total. The number of imidazole rings is 1. The van der Waals surface area contributed by atoms with Gasteiger partial charge < -0.3 is 4.74 Å². The predicted octanol–water partition coefficient (Wildman–Crippen LogP) is 4.84. The molecule has 0 radical (unpaired) electrons. The number of methoxy groups -OCH3 is 1. The molecular formula is C16H14BrClN2O. The van der Waals surface area contributed by atoms with Gasteiger partial charge in [-0.15, -0.1) is 11.6 Å². The van der Waals surface area contributed by atoms with E-state index in [1.165, 1.54) is 5.56 Å². The first-order valence-corrected chi connectivity index (χ1v) is 7.84. The summed E-state index contributed by atoms with van der Waals surface area (Å²) in [6.45, 7) is 2.07. The Balaban J connectivity index is 2.29. The average Bonchev–Trinajstić information content (AvgIpc) is 2.83. The molecule has 0 unspecified atom stereocenters. The SMILES string of the molecule is COc1ccc2c(c1)nc(CCl)n2-c1cc(C)cc(Br)c1. The van der Waals surface area contributed by atoms with E-state index in [4.69, 9.17) is 16.3 Å². The van der Waals surface area contributed by atoms with Crippen molar-refractivity contribution < 1.29 is 4.74 Å². The molecule has 0 aliphatic rings. The van der Waals surface area contributed by atoms with Gasteiger partial charge in [0.1, 0.15) is 11.6 Å². The lowest BCUT2D eigenvalue weighted by atomic mass is 10.2. The first kappa shape index (κ1) is 14.4. The molecule has 0 spiro atoms. The molecule has 3 aromatic rings. The summed E-state index contributed by atoms with van der Waals surface area (Å²) in [5, 5.41) is 0. The highest BCUT2D eigenvalue weighted by Crippen LogP contribution is 2.28. The maximum absolute atomic E-state index is 6.08. The lowest BCUT2D eigenvalue weighted by molar-refractivity contribution is 0.415. The monoisotopic (exact) mass is 364 g/mol. The van der Waals surface area contributed by atoms with Gasteiger partial charge in [0.2, 0.25) is 0 Å². The Hall–Kier alpha value is -1.52. The van der Waals surface area contributed by atoms with Crippen molar-refractivity contribution in [2.75, 3.05) is 7.11 Å². The second-order valence-electron chi connectivity index (χ2n) is 4.84. The molecule has 0 amide bonds. The zero-order chi connectivity index (χ0) is 15.0. The summed E-state index contributed by atoms with van der Waals surface area (Å²) in [5.41, 5.74) is 4.12. The fourth-order valence-electron chi connectivity index (χ4n) is 2.46. The smallest absolute Gasteiger partial charge is 0.129 e. The number of nitrogens with zero attached hydrogens (tertiary/aromatic N) is 2. The standard InChI is InChI=1S/C16H14BrClN2O/c1-10-5-11(17)7-12(6-10)20-15-4-3-13(21-2)8-14(15)19-16(20)9-18/h3-8H,9H2,1-2H3. The van der Waals surface area contributed by atoms with Crippen LogP contribution < -0.4 is 4.74 Å². The Morgan fingerprint density at radius 1 is 1.24 bits per heavy atom. The van der Waals surface area contributed by atoms with E-state index >= 15 is 0 Å². The van der Waals surface area contributed by atoms with E-state index in [1.54, 1.807) is 7.11 Å². The summed E-state index contributed by atoms with van der Waals surface area (Å²) in [5.74, 6) is 1.96. The quantitative estimate of drug-likeness (QED) is 0.621. The van der Waals surface area contributed by atoms with E-state index < -0.39 is 0 Å². The van der Waals surface area contributed by atoms with Gasteiger partial charge in [-0.05, 0) is 42.8 Å². The molecule has 21 heavy (non-hydrogen) atoms. The third kappa shape index (κ3) is 2.65. The number of benzene rings is 2. The highest BCUT2D eigenvalue weighted by atomic mass is 79.9. The van der Waals surface area contributed by atoms with Gasteiger partial charge in [-0.3, -0.25) is 4.57 Å². The highest BCUT2D eigenvalue weighted by molar-refractivity contribution is 9.10. The molecule has 0 bridgehead atoms. The molecule has 108 valence electrons. The van der Waals surface area contributed by atoms with Gasteiger partial charge in [-0.25, -0.2) is 4.98 Å². The van der Waals surface area contributed by atoms with Crippen LogP contribution in [0.3, 0.4) is 0 Å². The molecule has 0 atom stereocenters. The number of rotatable bonds is 3. The Morgan fingerprint density at radius 3 is 2.71 bits per heavy atom. The van der Waals surface area contributed by atoms with Crippen LogP contribution in [0.2, 0.25) is 0 Å². The van der Waals surface area contributed by atoms with Gasteiger partial charge in [0.15, 0.2) is 0 Å². The predicted molar refractivity (Wildman–Crippen MR) is 89.6 cm³/mol. The van der Waals surface area contributed by atoms with Gasteiger partial charge in [-0.1, -0.05) is 15.9 Å². The third-order valence-corrected chi connectivity index (χ3v) is 4.03. The Kier molecular flexibility index (Phi) is 3.91. The summed E-state index contributed by atoms with van der Waals surface area (Å²) in [6, 6.07) is 12.1. The summed E-state index contributed by atoms with van der Waals surface area (Å²) < 4.78 is 8.38. The summed E-state index contributed by atoms with van der Waals surface area (Å²) >= 11 is 9.63. The minimum absolute atomic E-state index is 0.350. The molecule has 0 aliphatic heterocycles. The topological polar surface area (TPSA) is 27.1 Å². The molecule has 0 N–H and O–H groups in total. The molecule has 0 aliphatic carbocycles. The first-order chi connectivity index (χ1) is 10.1. The fourth-order valence-corrected chi connectivity index (χ4v) is 3.24. The average molecular weight is 366 g/mol. The van der Waals surface area contributed by atoms with E-state index in [9.17, 15) is 0 Å². The Bertz CT molecular complexity index is 793. The van der Waals surface area contributed by atoms with E-state index in [1.807, 2.05) is 18.2 Å². The van der Waals surface area contributed by atoms with Crippen LogP contribution in [0.25, 0.3) is 16.7 Å². The van der Waals surface area contributed by atoms with Crippen LogP contribution in [0.4, 0.5) is 0 Å². The van der Waals surface area contributed by atoms with Gasteiger partial charge in [0, 0.05) is 16.2 Å². The van der Waals surface area contributed by atoms with Crippen molar-refractivity contribution in [2.24, 2.45) is 0 Å². The van der Waals surface area contributed by atoms with Crippen molar-refractivity contribution >= 4 is 38.6 Å². The lowest BCUT2D eigenvalue weighted by Gasteiger charge is -2.10. The first-order valence-electron chi connectivity index (χ1n) is 6.51. The van der Waals surface area contributed by atoms with E-state index in [0.29, 0.717) is 5.88 Å². The number of fused-ring (bicyclic) bond motifs is 1. The normalized spacial score (nSPS) is 11.0. The summed E-state index contributed by atoms with van der Waals surface area (Å²) in [6.07, 6.45) is 0. The second kappa shape index (κ2) is 5.70. The maximum atomic E-state index is 6.08. The molecule has 5 heteroatoms. The van der Waals surface area contributed by atoms with Crippen molar-refractivity contribution in [3.63, 3.8) is 0 Å². The number of aromatic nitrogens is 2. The zero-order valence-electron chi connectivity index (χ0n) is 11.7. The van der Waals surface area contributed by atoms with Crippen molar-refractivity contribution in [1.82, 2.24) is 9.55 Å². The Morgan fingerprint density at radius 2 is 2.05 bits per heavy atom.